The van der Waals surface area contributed by atoms with Crippen molar-refractivity contribution >= 4 is 58.0 Å². The van der Waals surface area contributed by atoms with Gasteiger partial charge in [-0.25, -0.2) is 4.68 Å². The van der Waals surface area contributed by atoms with Crippen LogP contribution in [0.4, 0.5) is 5.69 Å². The number of hydrogen-bond acceptors (Lipinski definition) is 3. The second-order valence-corrected chi connectivity index (χ2v) is 10.7. The van der Waals surface area contributed by atoms with E-state index in [0.717, 1.165) is 24.1 Å². The van der Waals surface area contributed by atoms with Gasteiger partial charge in [0.05, 0.1) is 27.1 Å². The molecule has 0 saturated heterocycles. The SMILES string of the molecule is CN(NC(=O)c1nn(-c2ccc(Cl)cc2Cl)c2c1C1CCC2c2ccccc21)c1ccc(Cl)cc1Cl. The number of carbonyl (C=O) groups is 1. The molecule has 0 spiro atoms. The zero-order valence-corrected chi connectivity index (χ0v) is 22.1. The molecular weight excluding hydrogens is 538 g/mol. The molecule has 1 heterocycles. The van der Waals surface area contributed by atoms with E-state index in [-0.39, 0.29) is 17.7 Å². The van der Waals surface area contributed by atoms with Gasteiger partial charge in [-0.05, 0) is 60.4 Å². The Morgan fingerprint density at radius 1 is 0.917 bits per heavy atom. The van der Waals surface area contributed by atoms with E-state index in [0.29, 0.717) is 37.2 Å². The Hall–Kier alpha value is -2.70. The molecule has 182 valence electrons. The van der Waals surface area contributed by atoms with E-state index in [1.165, 1.54) is 11.1 Å². The average molecular weight is 558 g/mol. The molecule has 0 fully saturated rings. The minimum Gasteiger partial charge on any atom is -0.287 e. The van der Waals surface area contributed by atoms with Crippen LogP contribution in [0, 0.1) is 0 Å². The van der Waals surface area contributed by atoms with Gasteiger partial charge in [-0.3, -0.25) is 15.2 Å². The molecule has 3 aliphatic rings. The Balaban J connectivity index is 1.47. The van der Waals surface area contributed by atoms with Crippen LogP contribution in [0.2, 0.25) is 20.1 Å². The van der Waals surface area contributed by atoms with Gasteiger partial charge in [0.1, 0.15) is 0 Å². The van der Waals surface area contributed by atoms with Gasteiger partial charge in [-0.1, -0.05) is 70.7 Å². The summed E-state index contributed by atoms with van der Waals surface area (Å²) in [5.74, 6) is -0.134. The van der Waals surface area contributed by atoms with Crippen LogP contribution >= 0.6 is 46.4 Å². The normalized spacial score (nSPS) is 17.5. The highest BCUT2D eigenvalue weighted by Crippen LogP contribution is 2.54. The zero-order valence-electron chi connectivity index (χ0n) is 19.1. The maximum atomic E-state index is 13.7. The average Bonchev–Trinajstić information content (AvgIpc) is 3.26. The Bertz CT molecular complexity index is 1530. The van der Waals surface area contributed by atoms with Gasteiger partial charge >= 0.3 is 0 Å². The minimum absolute atomic E-state index is 0.0752. The lowest BCUT2D eigenvalue weighted by atomic mass is 9.65. The van der Waals surface area contributed by atoms with Crippen LogP contribution in [0.3, 0.4) is 0 Å². The number of fused-ring (bicyclic) bond motifs is 1. The van der Waals surface area contributed by atoms with Gasteiger partial charge in [0, 0.05) is 34.5 Å². The van der Waals surface area contributed by atoms with Crippen molar-refractivity contribution in [1.82, 2.24) is 15.2 Å². The Morgan fingerprint density at radius 2 is 1.56 bits per heavy atom. The van der Waals surface area contributed by atoms with Gasteiger partial charge in [0.15, 0.2) is 5.69 Å². The summed E-state index contributed by atoms with van der Waals surface area (Å²) in [6, 6.07) is 18.9. The third kappa shape index (κ3) is 3.77. The highest BCUT2D eigenvalue weighted by Gasteiger charge is 2.44. The fraction of sp³-hybridized carbons (Fsp3) is 0.185. The van der Waals surface area contributed by atoms with Crippen molar-refractivity contribution in [1.29, 1.82) is 0 Å². The first-order valence-corrected chi connectivity index (χ1v) is 13.0. The fourth-order valence-corrected chi connectivity index (χ4v) is 6.54. The van der Waals surface area contributed by atoms with Crippen LogP contribution in [-0.4, -0.2) is 22.7 Å². The lowest BCUT2D eigenvalue weighted by Gasteiger charge is -2.39. The van der Waals surface area contributed by atoms with E-state index in [1.807, 2.05) is 10.7 Å². The summed E-state index contributed by atoms with van der Waals surface area (Å²) >= 11 is 25.2. The summed E-state index contributed by atoms with van der Waals surface area (Å²) in [4.78, 5) is 13.7. The number of carbonyl (C=O) groups excluding carboxylic acids is 1. The van der Waals surface area contributed by atoms with Crippen molar-refractivity contribution in [3.05, 3.63) is 109 Å². The molecule has 7 rings (SSSR count). The van der Waals surface area contributed by atoms with Crippen LogP contribution in [-0.2, 0) is 0 Å². The number of nitrogens with zero attached hydrogens (tertiary/aromatic N) is 3. The second kappa shape index (κ2) is 9.00. The van der Waals surface area contributed by atoms with Crippen molar-refractivity contribution in [3.8, 4) is 5.69 Å². The molecule has 2 bridgehead atoms. The smallest absolute Gasteiger partial charge is 0.287 e. The van der Waals surface area contributed by atoms with Crippen molar-refractivity contribution < 1.29 is 4.79 Å². The molecule has 1 aromatic heterocycles. The quantitative estimate of drug-likeness (QED) is 0.262. The maximum absolute atomic E-state index is 13.7. The number of nitrogens with one attached hydrogen (secondary N) is 1. The summed E-state index contributed by atoms with van der Waals surface area (Å²) in [5.41, 5.74) is 9.11. The van der Waals surface area contributed by atoms with Crippen LogP contribution in [0.5, 0.6) is 0 Å². The predicted molar refractivity (Wildman–Crippen MR) is 145 cm³/mol. The summed E-state index contributed by atoms with van der Waals surface area (Å²) in [7, 11) is 1.73. The molecule has 4 aromatic rings. The number of rotatable bonds is 4. The maximum Gasteiger partial charge on any atom is 0.290 e. The van der Waals surface area contributed by atoms with Gasteiger partial charge in [-0.2, -0.15) is 5.10 Å². The third-order valence-corrected chi connectivity index (χ3v) is 8.10. The van der Waals surface area contributed by atoms with E-state index in [4.69, 9.17) is 51.5 Å². The van der Waals surface area contributed by atoms with Gasteiger partial charge < -0.3 is 0 Å². The molecular formula is C27H20Cl4N4O. The van der Waals surface area contributed by atoms with Crippen LogP contribution in [0.15, 0.2) is 60.7 Å². The summed E-state index contributed by atoms with van der Waals surface area (Å²) in [6.07, 6.45) is 1.93. The number of hydrazine groups is 1. The van der Waals surface area contributed by atoms with Crippen molar-refractivity contribution in [2.24, 2.45) is 0 Å². The third-order valence-electron chi connectivity index (χ3n) is 7.02. The van der Waals surface area contributed by atoms with Crippen LogP contribution in [0.25, 0.3) is 5.69 Å². The number of anilines is 1. The molecule has 9 heteroatoms. The van der Waals surface area contributed by atoms with Crippen molar-refractivity contribution in [3.63, 3.8) is 0 Å². The number of benzene rings is 3. The molecule has 0 radical (unpaired) electrons. The molecule has 36 heavy (non-hydrogen) atoms. The highest BCUT2D eigenvalue weighted by molar-refractivity contribution is 6.36. The molecule has 3 aromatic carbocycles. The van der Waals surface area contributed by atoms with E-state index in [9.17, 15) is 4.79 Å². The Morgan fingerprint density at radius 3 is 2.25 bits per heavy atom. The van der Waals surface area contributed by atoms with E-state index < -0.39 is 0 Å². The molecule has 1 amide bonds. The van der Waals surface area contributed by atoms with Crippen LogP contribution < -0.4 is 10.4 Å². The van der Waals surface area contributed by atoms with E-state index in [2.05, 4.69) is 29.7 Å². The monoisotopic (exact) mass is 556 g/mol. The molecule has 5 nitrogen and oxygen atoms in total. The molecule has 3 aliphatic carbocycles. The van der Waals surface area contributed by atoms with E-state index in [1.54, 1.807) is 42.4 Å². The first-order chi connectivity index (χ1) is 17.3. The predicted octanol–water partition coefficient (Wildman–Crippen LogP) is 7.64. The van der Waals surface area contributed by atoms with Crippen LogP contribution in [0.1, 0.15) is 57.6 Å². The highest BCUT2D eigenvalue weighted by atomic mass is 35.5. The minimum atomic E-state index is -0.325. The van der Waals surface area contributed by atoms with Crippen molar-refractivity contribution in [2.45, 2.75) is 24.7 Å². The Labute approximate surface area is 228 Å². The lowest BCUT2D eigenvalue weighted by Crippen LogP contribution is -2.40. The van der Waals surface area contributed by atoms with Crippen molar-refractivity contribution in [2.75, 3.05) is 12.1 Å². The number of halogens is 4. The molecule has 0 saturated carbocycles. The van der Waals surface area contributed by atoms with Gasteiger partial charge in [0.2, 0.25) is 0 Å². The first-order valence-electron chi connectivity index (χ1n) is 11.5. The summed E-state index contributed by atoms with van der Waals surface area (Å²) in [5, 5.41) is 8.39. The largest absolute Gasteiger partial charge is 0.290 e. The lowest BCUT2D eigenvalue weighted by molar-refractivity contribution is 0.0944. The number of hydrogen-bond donors (Lipinski definition) is 1. The van der Waals surface area contributed by atoms with Gasteiger partial charge in [-0.15, -0.1) is 0 Å². The summed E-state index contributed by atoms with van der Waals surface area (Å²) in [6.45, 7) is 0. The fourth-order valence-electron chi connectivity index (χ4n) is 5.52. The summed E-state index contributed by atoms with van der Waals surface area (Å²) < 4.78 is 1.82. The Kier molecular flexibility index (Phi) is 5.92. The molecule has 1 N–H and O–H groups in total. The number of aromatic nitrogens is 2. The molecule has 0 aliphatic heterocycles. The number of amides is 1. The molecule has 2 unspecified atom stereocenters. The second-order valence-electron chi connectivity index (χ2n) is 9.06. The first kappa shape index (κ1) is 23.7. The van der Waals surface area contributed by atoms with Gasteiger partial charge in [0.25, 0.3) is 5.91 Å². The topological polar surface area (TPSA) is 50.2 Å². The molecule has 2 atom stereocenters. The van der Waals surface area contributed by atoms with E-state index >= 15 is 0 Å². The standard InChI is InChI=1S/C27H20Cl4N4O/c1-34(22-10-6-14(28)12-20(22)30)33-27(36)25-24-18-8-9-19(17-5-3-2-4-16(17)18)26(24)35(32-25)23-11-7-15(29)13-21(23)31/h2-7,10-13,18-19H,8-9H2,1H3,(H,33,36). The zero-order chi connectivity index (χ0) is 25.1.